The smallest absolute Gasteiger partial charge is 0.142 e. The Labute approximate surface area is 112 Å². The molecule has 5 heteroatoms. The average molecular weight is 266 g/mol. The number of nitrogens with one attached hydrogen (secondary N) is 1. The first-order valence-corrected chi connectivity index (χ1v) is 6.21. The molecule has 1 aromatic carbocycles. The standard InChI is InChI=1S/C13H16ClN3O/c1-3-18-13-5-4-10(14)8-12(13)15-9-11-6-7-16-17(11)2/h4-8,15H,3,9H2,1-2H3. The molecule has 2 rings (SSSR count). The number of aryl methyl sites for hydroxylation is 1. The Bertz CT molecular complexity index is 525. The zero-order chi connectivity index (χ0) is 13.0. The van der Waals surface area contributed by atoms with Crippen molar-refractivity contribution >= 4 is 17.3 Å². The molecule has 0 saturated heterocycles. The Morgan fingerprint density at radius 1 is 1.39 bits per heavy atom. The Kier molecular flexibility index (Phi) is 4.10. The van der Waals surface area contributed by atoms with Gasteiger partial charge in [0.1, 0.15) is 5.75 Å². The van der Waals surface area contributed by atoms with Gasteiger partial charge in [0.15, 0.2) is 0 Å². The molecule has 0 unspecified atom stereocenters. The molecule has 0 aliphatic heterocycles. The van der Waals surface area contributed by atoms with Crippen molar-refractivity contribution in [3.8, 4) is 5.75 Å². The molecule has 1 N–H and O–H groups in total. The molecule has 1 heterocycles. The summed E-state index contributed by atoms with van der Waals surface area (Å²) in [5, 5.41) is 8.12. The van der Waals surface area contributed by atoms with Crippen LogP contribution < -0.4 is 10.1 Å². The van der Waals surface area contributed by atoms with Crippen LogP contribution in [-0.2, 0) is 13.6 Å². The Morgan fingerprint density at radius 2 is 2.22 bits per heavy atom. The molecule has 96 valence electrons. The molecule has 4 nitrogen and oxygen atoms in total. The lowest BCUT2D eigenvalue weighted by molar-refractivity contribution is 0.341. The van der Waals surface area contributed by atoms with Gasteiger partial charge < -0.3 is 10.1 Å². The van der Waals surface area contributed by atoms with Gasteiger partial charge in [0, 0.05) is 18.3 Å². The quantitative estimate of drug-likeness (QED) is 0.903. The topological polar surface area (TPSA) is 39.1 Å². The summed E-state index contributed by atoms with van der Waals surface area (Å²) in [6.07, 6.45) is 1.78. The van der Waals surface area contributed by atoms with Gasteiger partial charge in [0.25, 0.3) is 0 Å². The highest BCUT2D eigenvalue weighted by Crippen LogP contribution is 2.28. The van der Waals surface area contributed by atoms with Crippen molar-refractivity contribution in [2.45, 2.75) is 13.5 Å². The number of halogens is 1. The molecule has 0 atom stereocenters. The third-order valence-electron chi connectivity index (χ3n) is 2.62. The first-order valence-electron chi connectivity index (χ1n) is 5.84. The Hall–Kier alpha value is -1.68. The van der Waals surface area contributed by atoms with Gasteiger partial charge >= 0.3 is 0 Å². The van der Waals surface area contributed by atoms with E-state index in [4.69, 9.17) is 16.3 Å². The molecular formula is C13H16ClN3O. The van der Waals surface area contributed by atoms with Gasteiger partial charge in [-0.2, -0.15) is 5.10 Å². The maximum atomic E-state index is 6.00. The minimum Gasteiger partial charge on any atom is -0.492 e. The molecule has 0 bridgehead atoms. The lowest BCUT2D eigenvalue weighted by atomic mass is 10.3. The predicted molar refractivity (Wildman–Crippen MR) is 73.2 cm³/mol. The highest BCUT2D eigenvalue weighted by Gasteiger charge is 2.05. The van der Waals surface area contributed by atoms with Crippen molar-refractivity contribution in [3.05, 3.63) is 41.2 Å². The van der Waals surface area contributed by atoms with Gasteiger partial charge in [0.05, 0.1) is 24.5 Å². The lowest BCUT2D eigenvalue weighted by Gasteiger charge is -2.12. The average Bonchev–Trinajstić information content (AvgIpc) is 2.75. The normalized spacial score (nSPS) is 10.4. The summed E-state index contributed by atoms with van der Waals surface area (Å²) < 4.78 is 7.38. The van der Waals surface area contributed by atoms with Crippen LogP contribution in [0.2, 0.25) is 5.02 Å². The predicted octanol–water partition coefficient (Wildman–Crippen LogP) is 3.08. The fourth-order valence-corrected chi connectivity index (χ4v) is 1.85. The van der Waals surface area contributed by atoms with E-state index in [-0.39, 0.29) is 0 Å². The van der Waals surface area contributed by atoms with Crippen molar-refractivity contribution < 1.29 is 4.74 Å². The molecular weight excluding hydrogens is 250 g/mol. The van der Waals surface area contributed by atoms with Crippen LogP contribution in [0, 0.1) is 0 Å². The van der Waals surface area contributed by atoms with E-state index in [9.17, 15) is 0 Å². The van der Waals surface area contributed by atoms with Crippen LogP contribution >= 0.6 is 11.6 Å². The van der Waals surface area contributed by atoms with E-state index in [1.165, 1.54) is 0 Å². The third kappa shape index (κ3) is 2.96. The van der Waals surface area contributed by atoms with Crippen LogP contribution in [0.4, 0.5) is 5.69 Å². The van der Waals surface area contributed by atoms with Crippen molar-refractivity contribution in [2.75, 3.05) is 11.9 Å². The molecule has 1 aromatic heterocycles. The monoisotopic (exact) mass is 265 g/mol. The van der Waals surface area contributed by atoms with Crippen LogP contribution in [-0.4, -0.2) is 16.4 Å². The van der Waals surface area contributed by atoms with Crippen molar-refractivity contribution in [2.24, 2.45) is 7.05 Å². The third-order valence-corrected chi connectivity index (χ3v) is 2.86. The summed E-state index contributed by atoms with van der Waals surface area (Å²) in [5.41, 5.74) is 1.99. The second-order valence-corrected chi connectivity index (χ2v) is 4.31. The highest BCUT2D eigenvalue weighted by atomic mass is 35.5. The fraction of sp³-hybridized carbons (Fsp3) is 0.308. The van der Waals surface area contributed by atoms with E-state index in [0.717, 1.165) is 17.1 Å². The number of rotatable bonds is 5. The van der Waals surface area contributed by atoms with E-state index in [1.54, 1.807) is 6.20 Å². The number of benzene rings is 1. The van der Waals surface area contributed by atoms with E-state index >= 15 is 0 Å². The molecule has 0 saturated carbocycles. The number of anilines is 1. The maximum Gasteiger partial charge on any atom is 0.142 e. The summed E-state index contributed by atoms with van der Waals surface area (Å²) in [6.45, 7) is 3.26. The summed E-state index contributed by atoms with van der Waals surface area (Å²) in [5.74, 6) is 0.809. The number of hydrogen-bond acceptors (Lipinski definition) is 3. The van der Waals surface area contributed by atoms with Gasteiger partial charge in [-0.1, -0.05) is 11.6 Å². The SMILES string of the molecule is CCOc1ccc(Cl)cc1NCc1ccnn1C. The molecule has 0 aliphatic rings. The number of aromatic nitrogens is 2. The minimum atomic E-state index is 0.627. The van der Waals surface area contributed by atoms with Crippen LogP contribution in [0.15, 0.2) is 30.5 Å². The molecule has 0 fully saturated rings. The summed E-state index contributed by atoms with van der Waals surface area (Å²) in [7, 11) is 1.92. The second-order valence-electron chi connectivity index (χ2n) is 3.87. The van der Waals surface area contributed by atoms with Crippen LogP contribution in [0.3, 0.4) is 0 Å². The minimum absolute atomic E-state index is 0.627. The van der Waals surface area contributed by atoms with Crippen LogP contribution in [0.1, 0.15) is 12.6 Å². The highest BCUT2D eigenvalue weighted by molar-refractivity contribution is 6.30. The van der Waals surface area contributed by atoms with Crippen molar-refractivity contribution in [1.29, 1.82) is 0 Å². The zero-order valence-corrected chi connectivity index (χ0v) is 11.2. The Morgan fingerprint density at radius 3 is 2.89 bits per heavy atom. The Balaban J connectivity index is 2.12. The summed E-state index contributed by atoms with van der Waals surface area (Å²) >= 11 is 6.00. The summed E-state index contributed by atoms with van der Waals surface area (Å²) in [6, 6.07) is 7.53. The fourth-order valence-electron chi connectivity index (χ4n) is 1.68. The second kappa shape index (κ2) is 5.78. The largest absolute Gasteiger partial charge is 0.492 e. The molecule has 0 radical (unpaired) electrons. The van der Waals surface area contributed by atoms with Crippen LogP contribution in [0.5, 0.6) is 5.75 Å². The number of nitrogens with zero attached hydrogens (tertiary/aromatic N) is 2. The van der Waals surface area contributed by atoms with Crippen molar-refractivity contribution in [3.63, 3.8) is 0 Å². The molecule has 2 aromatic rings. The maximum absolute atomic E-state index is 6.00. The van der Waals surface area contributed by atoms with E-state index in [0.29, 0.717) is 18.2 Å². The van der Waals surface area contributed by atoms with E-state index in [1.807, 2.05) is 42.9 Å². The van der Waals surface area contributed by atoms with Gasteiger partial charge in [-0.25, -0.2) is 0 Å². The summed E-state index contributed by atoms with van der Waals surface area (Å²) in [4.78, 5) is 0. The first kappa shape index (κ1) is 12.8. The van der Waals surface area contributed by atoms with Gasteiger partial charge in [0.2, 0.25) is 0 Å². The van der Waals surface area contributed by atoms with Crippen LogP contribution in [0.25, 0.3) is 0 Å². The molecule has 0 aliphatic carbocycles. The van der Waals surface area contributed by atoms with Crippen molar-refractivity contribution in [1.82, 2.24) is 9.78 Å². The zero-order valence-electron chi connectivity index (χ0n) is 10.5. The van der Waals surface area contributed by atoms with Gasteiger partial charge in [-0.05, 0) is 31.2 Å². The first-order chi connectivity index (χ1) is 8.70. The number of ether oxygens (including phenoxy) is 1. The molecule has 0 spiro atoms. The van der Waals surface area contributed by atoms with Gasteiger partial charge in [-0.3, -0.25) is 4.68 Å². The van der Waals surface area contributed by atoms with E-state index in [2.05, 4.69) is 10.4 Å². The number of hydrogen-bond donors (Lipinski definition) is 1. The molecule has 0 amide bonds. The van der Waals surface area contributed by atoms with E-state index < -0.39 is 0 Å². The molecule has 18 heavy (non-hydrogen) atoms. The lowest BCUT2D eigenvalue weighted by Crippen LogP contribution is -2.06. The van der Waals surface area contributed by atoms with Gasteiger partial charge in [-0.15, -0.1) is 0 Å².